The van der Waals surface area contributed by atoms with Crippen LogP contribution in [0.25, 0.3) is 0 Å². The zero-order valence-corrected chi connectivity index (χ0v) is 10.5. The monoisotopic (exact) mass is 240 g/mol. The molecule has 0 saturated carbocycles. The number of methoxy groups -OCH3 is 1. The summed E-state index contributed by atoms with van der Waals surface area (Å²) in [5.41, 5.74) is 2.43. The van der Waals surface area contributed by atoms with Gasteiger partial charge in [0.15, 0.2) is 0 Å². The van der Waals surface area contributed by atoms with E-state index in [4.69, 9.17) is 5.11 Å². The van der Waals surface area contributed by atoms with Crippen LogP contribution < -0.4 is 0 Å². The number of carboxylic acid groups (broad SMARTS) is 1. The molecule has 0 saturated heterocycles. The van der Waals surface area contributed by atoms with Gasteiger partial charge in [0.1, 0.15) is 0 Å². The number of aliphatic carboxylic acids is 1. The second kappa shape index (κ2) is 23.5. The first-order valence-electron chi connectivity index (χ1n) is 4.25. The molecular formula is C13H20O4. The third kappa shape index (κ3) is 57.8. The lowest BCUT2D eigenvalue weighted by atomic mass is 10.4. The minimum Gasteiger partial charge on any atom is -0.478 e. The summed E-state index contributed by atoms with van der Waals surface area (Å²) in [7, 11) is 1.31. The topological polar surface area (TPSA) is 63.6 Å². The van der Waals surface area contributed by atoms with Crippen molar-refractivity contribution in [1.82, 2.24) is 0 Å². The molecule has 4 nitrogen and oxygen atoms in total. The minimum absolute atomic E-state index is 0.176. The van der Waals surface area contributed by atoms with Gasteiger partial charge in [-0.15, -0.1) is 18.9 Å². The van der Waals surface area contributed by atoms with Gasteiger partial charge in [-0.05, 0) is 6.92 Å². The van der Waals surface area contributed by atoms with E-state index in [1.807, 2.05) is 0 Å². The highest BCUT2D eigenvalue weighted by atomic mass is 16.5. The molecule has 1 N–H and O–H groups in total. The Morgan fingerprint density at radius 2 is 1.53 bits per heavy atom. The fourth-order valence-electron chi connectivity index (χ4n) is 0.0833. The van der Waals surface area contributed by atoms with Crippen LogP contribution >= 0.6 is 0 Å². The van der Waals surface area contributed by atoms with E-state index in [0.717, 1.165) is 6.08 Å². The SMILES string of the molecule is C=C.C=C(C)C(=O)O.C=C=C.C=CC(=O)OC. The average Bonchev–Trinajstić information content (AvgIpc) is 2.32. The quantitative estimate of drug-likeness (QED) is 0.349. The number of hydrogen-bond donors (Lipinski definition) is 1. The van der Waals surface area contributed by atoms with E-state index in [2.05, 4.69) is 49.9 Å². The number of esters is 1. The predicted octanol–water partition coefficient (Wildman–Crippen LogP) is 2.75. The summed E-state index contributed by atoms with van der Waals surface area (Å²) in [6.07, 6.45) is 1.11. The molecule has 0 aliphatic carbocycles. The normalized spacial score (nSPS) is 5.76. The largest absolute Gasteiger partial charge is 0.478 e. The molecule has 0 atom stereocenters. The Hall–Kier alpha value is -2.32. The first-order valence-corrected chi connectivity index (χ1v) is 4.25. The van der Waals surface area contributed by atoms with Gasteiger partial charge in [-0.2, -0.15) is 0 Å². The Morgan fingerprint density at radius 1 is 1.29 bits per heavy atom. The maximum Gasteiger partial charge on any atom is 0.330 e. The Balaban J connectivity index is -0.0000000727. The fraction of sp³-hybridized carbons (Fsp3) is 0.154. The molecule has 0 heterocycles. The highest BCUT2D eigenvalue weighted by Gasteiger charge is 1.90. The minimum atomic E-state index is -0.935. The van der Waals surface area contributed by atoms with E-state index in [1.54, 1.807) is 0 Å². The van der Waals surface area contributed by atoms with Gasteiger partial charge in [-0.3, -0.25) is 0 Å². The first kappa shape index (κ1) is 24.1. The second-order valence-electron chi connectivity index (χ2n) is 2.06. The van der Waals surface area contributed by atoms with Crippen molar-refractivity contribution in [2.75, 3.05) is 7.11 Å². The number of carbonyl (C=O) groups excluding carboxylic acids is 1. The fourth-order valence-corrected chi connectivity index (χ4v) is 0.0833. The highest BCUT2D eigenvalue weighted by Crippen LogP contribution is 1.81. The van der Waals surface area contributed by atoms with Crippen molar-refractivity contribution < 1.29 is 19.4 Å². The summed E-state index contributed by atoms with van der Waals surface area (Å²) in [6, 6.07) is 0. The van der Waals surface area contributed by atoms with Crippen molar-refractivity contribution in [3.63, 3.8) is 0 Å². The molecule has 0 spiro atoms. The Labute approximate surface area is 103 Å². The molecule has 0 aliphatic heterocycles. The van der Waals surface area contributed by atoms with Gasteiger partial charge < -0.3 is 9.84 Å². The van der Waals surface area contributed by atoms with Crippen LogP contribution in [-0.2, 0) is 14.3 Å². The average molecular weight is 240 g/mol. The number of carbonyl (C=O) groups is 2. The summed E-state index contributed by atoms with van der Waals surface area (Å²) in [5, 5.41) is 7.89. The summed E-state index contributed by atoms with van der Waals surface area (Å²) in [5.74, 6) is -1.33. The van der Waals surface area contributed by atoms with Crippen LogP contribution in [0.15, 0.2) is 56.9 Å². The lowest BCUT2D eigenvalue weighted by Crippen LogP contribution is -1.92. The highest BCUT2D eigenvalue weighted by molar-refractivity contribution is 5.84. The van der Waals surface area contributed by atoms with Gasteiger partial charge in [0.2, 0.25) is 0 Å². The molecule has 0 unspecified atom stereocenters. The molecule has 0 aliphatic rings. The zero-order chi connectivity index (χ0) is 14.9. The standard InChI is InChI=1S/2C4H6O2.C3H4.C2H4/c1-3-4(5)6-2;1-3(2)4(5)6;1-3-2;1-2/h3H,1H2,2H3;1H2,2H3,(H,5,6);1-2H2;1-2H2. The lowest BCUT2D eigenvalue weighted by molar-refractivity contribution is -0.135. The van der Waals surface area contributed by atoms with Crippen molar-refractivity contribution in [3.8, 4) is 0 Å². The second-order valence-corrected chi connectivity index (χ2v) is 2.06. The van der Waals surface area contributed by atoms with Gasteiger partial charge >= 0.3 is 11.9 Å². The number of hydrogen-bond acceptors (Lipinski definition) is 3. The molecule has 17 heavy (non-hydrogen) atoms. The van der Waals surface area contributed by atoms with Gasteiger partial charge in [0.25, 0.3) is 0 Å². The molecular weight excluding hydrogens is 220 g/mol. The summed E-state index contributed by atoms with van der Waals surface area (Å²) >= 11 is 0. The maximum absolute atomic E-state index is 9.84. The Kier molecular flexibility index (Phi) is 33.3. The molecule has 4 heteroatoms. The van der Waals surface area contributed by atoms with Crippen LogP contribution in [0.5, 0.6) is 0 Å². The van der Waals surface area contributed by atoms with Crippen molar-refractivity contribution in [3.05, 3.63) is 56.9 Å². The van der Waals surface area contributed by atoms with Crippen molar-refractivity contribution >= 4 is 11.9 Å². The molecule has 0 amide bonds. The molecule has 0 aromatic carbocycles. The van der Waals surface area contributed by atoms with E-state index in [-0.39, 0.29) is 5.57 Å². The first-order chi connectivity index (χ1) is 7.87. The third-order valence-electron chi connectivity index (χ3n) is 0.733. The van der Waals surface area contributed by atoms with Crippen LogP contribution in [0.4, 0.5) is 0 Å². The Bertz CT molecular complexity index is 256. The smallest absolute Gasteiger partial charge is 0.330 e. The molecule has 0 radical (unpaired) electrons. The van der Waals surface area contributed by atoms with Crippen LogP contribution in [0.3, 0.4) is 0 Å². The van der Waals surface area contributed by atoms with Crippen LogP contribution in [0.2, 0.25) is 0 Å². The molecule has 0 aromatic heterocycles. The van der Waals surface area contributed by atoms with Crippen LogP contribution in [-0.4, -0.2) is 24.2 Å². The van der Waals surface area contributed by atoms with E-state index >= 15 is 0 Å². The molecule has 0 bridgehead atoms. The molecule has 96 valence electrons. The van der Waals surface area contributed by atoms with Gasteiger partial charge in [-0.1, -0.05) is 26.3 Å². The van der Waals surface area contributed by atoms with Crippen LogP contribution in [0.1, 0.15) is 6.92 Å². The predicted molar refractivity (Wildman–Crippen MR) is 70.7 cm³/mol. The molecule has 0 aromatic rings. The van der Waals surface area contributed by atoms with Crippen molar-refractivity contribution in [1.29, 1.82) is 0 Å². The summed E-state index contributed by atoms with van der Waals surface area (Å²) < 4.78 is 4.14. The van der Waals surface area contributed by atoms with E-state index in [0.29, 0.717) is 0 Å². The lowest BCUT2D eigenvalue weighted by Gasteiger charge is -1.83. The van der Waals surface area contributed by atoms with Gasteiger partial charge in [0, 0.05) is 11.6 Å². The third-order valence-corrected chi connectivity index (χ3v) is 0.733. The number of rotatable bonds is 2. The number of ether oxygens (including phenoxy) is 1. The van der Waals surface area contributed by atoms with E-state index in [9.17, 15) is 9.59 Å². The summed E-state index contributed by atoms with van der Waals surface area (Å²) in [6.45, 7) is 20.0. The van der Waals surface area contributed by atoms with Crippen LogP contribution in [0, 0.1) is 0 Å². The number of carboxylic acids is 1. The van der Waals surface area contributed by atoms with E-state index in [1.165, 1.54) is 14.0 Å². The molecule has 0 rings (SSSR count). The van der Waals surface area contributed by atoms with Crippen molar-refractivity contribution in [2.45, 2.75) is 6.92 Å². The maximum atomic E-state index is 9.84. The zero-order valence-electron chi connectivity index (χ0n) is 10.5. The Morgan fingerprint density at radius 3 is 1.53 bits per heavy atom. The summed E-state index contributed by atoms with van der Waals surface area (Å²) in [4.78, 5) is 19.4. The van der Waals surface area contributed by atoms with Gasteiger partial charge in [0.05, 0.1) is 7.11 Å². The van der Waals surface area contributed by atoms with E-state index < -0.39 is 11.9 Å². The van der Waals surface area contributed by atoms with Crippen molar-refractivity contribution in [2.24, 2.45) is 0 Å². The molecule has 0 fully saturated rings. The van der Waals surface area contributed by atoms with Gasteiger partial charge in [-0.25, -0.2) is 9.59 Å².